The van der Waals surface area contributed by atoms with Crippen molar-refractivity contribution in [1.29, 1.82) is 0 Å². The fourth-order valence-electron chi connectivity index (χ4n) is 3.90. The second-order valence-electron chi connectivity index (χ2n) is 7.33. The molecule has 1 aliphatic rings. The van der Waals surface area contributed by atoms with E-state index in [1.165, 1.54) is 23.1 Å². The zero-order valence-corrected chi connectivity index (χ0v) is 16.7. The molecular formula is C20H15FN8O3. The van der Waals surface area contributed by atoms with E-state index in [1.54, 1.807) is 30.3 Å². The molecule has 5 heterocycles. The van der Waals surface area contributed by atoms with E-state index in [9.17, 15) is 9.18 Å². The number of imidazole rings is 1. The molecule has 1 aromatic carbocycles. The molecule has 0 bridgehead atoms. The van der Waals surface area contributed by atoms with E-state index in [2.05, 4.69) is 30.2 Å². The van der Waals surface area contributed by atoms with Gasteiger partial charge >= 0.3 is 11.8 Å². The van der Waals surface area contributed by atoms with Crippen molar-refractivity contribution in [2.24, 2.45) is 7.05 Å². The molecule has 0 saturated heterocycles. The van der Waals surface area contributed by atoms with Crippen molar-refractivity contribution in [3.05, 3.63) is 65.8 Å². The number of aryl methyl sites for hydroxylation is 1. The van der Waals surface area contributed by atoms with Crippen LogP contribution in [-0.2, 0) is 13.5 Å². The first kappa shape index (κ1) is 18.4. The van der Waals surface area contributed by atoms with Crippen LogP contribution < -0.4 is 0 Å². The van der Waals surface area contributed by atoms with E-state index in [4.69, 9.17) is 8.83 Å². The number of carbonyl (C=O) groups is 1. The van der Waals surface area contributed by atoms with E-state index < -0.39 is 17.8 Å². The van der Waals surface area contributed by atoms with Crippen LogP contribution in [0.4, 0.5) is 4.39 Å². The van der Waals surface area contributed by atoms with Gasteiger partial charge in [-0.15, -0.1) is 10.2 Å². The Morgan fingerprint density at radius 1 is 1.25 bits per heavy atom. The Bertz CT molecular complexity index is 1460. The zero-order chi connectivity index (χ0) is 21.8. The number of halogens is 1. The summed E-state index contributed by atoms with van der Waals surface area (Å²) in [6.07, 6.45) is 3.70. The first-order valence-electron chi connectivity index (χ1n) is 9.79. The number of nitrogens with zero attached hydrogens (tertiary/aromatic N) is 7. The summed E-state index contributed by atoms with van der Waals surface area (Å²) >= 11 is 0. The third-order valence-corrected chi connectivity index (χ3v) is 5.43. The van der Waals surface area contributed by atoms with Gasteiger partial charge in [0.1, 0.15) is 17.0 Å². The molecule has 11 nitrogen and oxygen atoms in total. The zero-order valence-electron chi connectivity index (χ0n) is 16.7. The highest BCUT2D eigenvalue weighted by atomic mass is 19.1. The third-order valence-electron chi connectivity index (χ3n) is 5.43. The predicted molar refractivity (Wildman–Crippen MR) is 106 cm³/mol. The number of fused-ring (bicyclic) bond motifs is 2. The summed E-state index contributed by atoms with van der Waals surface area (Å²) in [5, 5.41) is 12.0. The molecule has 0 fully saturated rings. The van der Waals surface area contributed by atoms with Gasteiger partial charge in [0.15, 0.2) is 11.6 Å². The lowest BCUT2D eigenvalue weighted by Crippen LogP contribution is -2.41. The molecule has 6 rings (SSSR count). The van der Waals surface area contributed by atoms with Crippen LogP contribution in [-0.4, -0.2) is 52.3 Å². The van der Waals surface area contributed by atoms with Gasteiger partial charge in [-0.25, -0.2) is 14.4 Å². The van der Waals surface area contributed by atoms with Gasteiger partial charge in [0, 0.05) is 38.0 Å². The Kier molecular flexibility index (Phi) is 3.93. The Balaban J connectivity index is 1.41. The van der Waals surface area contributed by atoms with Crippen LogP contribution in [0, 0.1) is 5.82 Å². The van der Waals surface area contributed by atoms with Crippen LogP contribution in [0.3, 0.4) is 0 Å². The summed E-state index contributed by atoms with van der Waals surface area (Å²) in [4.78, 5) is 26.8. The molecule has 1 amide bonds. The Hall–Kier alpha value is -4.35. The third kappa shape index (κ3) is 2.80. The summed E-state index contributed by atoms with van der Waals surface area (Å²) in [5.74, 6) is -0.689. The number of oxazole rings is 1. The second kappa shape index (κ2) is 6.83. The number of nitrogens with one attached hydrogen (secondary N) is 1. The summed E-state index contributed by atoms with van der Waals surface area (Å²) in [6, 6.07) is 5.04. The van der Waals surface area contributed by atoms with E-state index >= 15 is 0 Å². The molecule has 5 aromatic rings. The number of benzene rings is 1. The maximum absolute atomic E-state index is 13.7. The average molecular weight is 434 g/mol. The summed E-state index contributed by atoms with van der Waals surface area (Å²) in [7, 11) is 1.73. The molecule has 0 unspecified atom stereocenters. The molecule has 0 radical (unpaired) electrons. The Labute approximate surface area is 178 Å². The number of hydrogen-bond donors (Lipinski definition) is 1. The molecule has 0 spiro atoms. The molecule has 0 aliphatic carbocycles. The normalized spacial score (nSPS) is 15.9. The minimum atomic E-state index is -0.736. The standard InChI is InChI=1S/C20H15FN8O3/c1-28-13(4-6-24-28)17-26-27-19(32-17)20(30)29-7-5-11-15(23-9-22-11)16(29)18-25-12-8-10(21)2-3-14(12)31-18/h2-4,6,8-9,16H,5,7H2,1H3,(H,22,23)/t16-/m0/s1. The number of aromatic nitrogens is 7. The van der Waals surface area contributed by atoms with Crippen LogP contribution in [0.2, 0.25) is 0 Å². The number of rotatable bonds is 3. The van der Waals surface area contributed by atoms with Gasteiger partial charge in [0.05, 0.1) is 12.0 Å². The van der Waals surface area contributed by atoms with Crippen LogP contribution in [0.25, 0.3) is 22.7 Å². The van der Waals surface area contributed by atoms with Crippen molar-refractivity contribution in [1.82, 2.24) is 39.8 Å². The average Bonchev–Trinajstić information content (AvgIpc) is 3.57. The minimum absolute atomic E-state index is 0.174. The number of aromatic amines is 1. The highest BCUT2D eigenvalue weighted by molar-refractivity contribution is 5.90. The fourth-order valence-corrected chi connectivity index (χ4v) is 3.90. The molecular weight excluding hydrogens is 419 g/mol. The molecule has 1 aliphatic heterocycles. The van der Waals surface area contributed by atoms with Crippen molar-refractivity contribution < 1.29 is 18.0 Å². The molecule has 1 N–H and O–H groups in total. The lowest BCUT2D eigenvalue weighted by Gasteiger charge is -2.31. The molecule has 12 heteroatoms. The number of carbonyl (C=O) groups excluding carboxylic acids is 1. The SMILES string of the molecule is Cn1nccc1-c1nnc(C(=O)N2CCc3[nH]cnc3[C@H]2c2nc3cc(F)ccc3o2)o1. The quantitative estimate of drug-likeness (QED) is 0.457. The smallest absolute Gasteiger partial charge is 0.312 e. The number of hydrogen-bond acceptors (Lipinski definition) is 8. The van der Waals surface area contributed by atoms with E-state index in [1.807, 2.05) is 0 Å². The predicted octanol–water partition coefficient (Wildman–Crippen LogP) is 2.26. The van der Waals surface area contributed by atoms with Crippen LogP contribution in [0.15, 0.2) is 45.6 Å². The molecule has 4 aromatic heterocycles. The van der Waals surface area contributed by atoms with Crippen molar-refractivity contribution in [2.45, 2.75) is 12.5 Å². The lowest BCUT2D eigenvalue weighted by atomic mass is 10.0. The highest BCUT2D eigenvalue weighted by Crippen LogP contribution is 2.35. The van der Waals surface area contributed by atoms with Crippen molar-refractivity contribution in [2.75, 3.05) is 6.54 Å². The van der Waals surface area contributed by atoms with Gasteiger partial charge in [-0.1, -0.05) is 0 Å². The highest BCUT2D eigenvalue weighted by Gasteiger charge is 2.39. The lowest BCUT2D eigenvalue weighted by molar-refractivity contribution is 0.0627. The van der Waals surface area contributed by atoms with Gasteiger partial charge in [-0.3, -0.25) is 9.48 Å². The van der Waals surface area contributed by atoms with Crippen LogP contribution >= 0.6 is 0 Å². The van der Waals surface area contributed by atoms with E-state index in [-0.39, 0.29) is 17.7 Å². The number of amides is 1. The van der Waals surface area contributed by atoms with E-state index in [0.717, 1.165) is 5.69 Å². The van der Waals surface area contributed by atoms with Crippen LogP contribution in [0.5, 0.6) is 0 Å². The van der Waals surface area contributed by atoms with Gasteiger partial charge in [0.25, 0.3) is 5.89 Å². The minimum Gasteiger partial charge on any atom is -0.438 e. The van der Waals surface area contributed by atoms with Gasteiger partial charge < -0.3 is 18.7 Å². The van der Waals surface area contributed by atoms with Gasteiger partial charge in [0.2, 0.25) is 5.89 Å². The van der Waals surface area contributed by atoms with Crippen molar-refractivity contribution in [3.8, 4) is 11.6 Å². The van der Waals surface area contributed by atoms with Crippen molar-refractivity contribution in [3.63, 3.8) is 0 Å². The maximum atomic E-state index is 13.7. The largest absolute Gasteiger partial charge is 0.438 e. The first-order chi connectivity index (χ1) is 15.6. The summed E-state index contributed by atoms with van der Waals surface area (Å²) in [5.41, 5.74) is 2.82. The van der Waals surface area contributed by atoms with Gasteiger partial charge in [-0.2, -0.15) is 5.10 Å². The monoisotopic (exact) mass is 434 g/mol. The fraction of sp³-hybridized carbons (Fsp3) is 0.200. The molecule has 0 saturated carbocycles. The topological polar surface area (TPSA) is 132 Å². The van der Waals surface area contributed by atoms with Gasteiger partial charge in [-0.05, 0) is 18.2 Å². The van der Waals surface area contributed by atoms with E-state index in [0.29, 0.717) is 35.5 Å². The molecule has 160 valence electrons. The molecule has 1 atom stereocenters. The Morgan fingerprint density at radius 3 is 3.00 bits per heavy atom. The second-order valence-corrected chi connectivity index (χ2v) is 7.33. The summed E-state index contributed by atoms with van der Waals surface area (Å²) in [6.45, 7) is 0.342. The Morgan fingerprint density at radius 2 is 2.16 bits per heavy atom. The summed E-state index contributed by atoms with van der Waals surface area (Å²) < 4.78 is 26.8. The maximum Gasteiger partial charge on any atom is 0.312 e. The first-order valence-corrected chi connectivity index (χ1v) is 9.79. The van der Waals surface area contributed by atoms with Crippen molar-refractivity contribution >= 4 is 17.0 Å². The van der Waals surface area contributed by atoms with Crippen LogP contribution in [0.1, 0.15) is 34.0 Å². The molecule has 32 heavy (non-hydrogen) atoms. The number of H-pyrrole nitrogens is 1.